The van der Waals surface area contributed by atoms with Gasteiger partial charge in [0.2, 0.25) is 0 Å². The zero-order chi connectivity index (χ0) is 9.97. The molecule has 2 rings (SSSR count). The van der Waals surface area contributed by atoms with Gasteiger partial charge in [0, 0.05) is 16.2 Å². The molecule has 0 aromatic heterocycles. The van der Waals surface area contributed by atoms with E-state index in [1.807, 2.05) is 37.3 Å². The summed E-state index contributed by atoms with van der Waals surface area (Å²) >= 11 is 1.77. The fourth-order valence-electron chi connectivity index (χ4n) is 1.61. The van der Waals surface area contributed by atoms with Crippen molar-refractivity contribution in [1.82, 2.24) is 0 Å². The van der Waals surface area contributed by atoms with Crippen LogP contribution in [-0.4, -0.2) is 11.5 Å². The van der Waals surface area contributed by atoms with Crippen molar-refractivity contribution in [3.63, 3.8) is 0 Å². The molecular weight excluding hydrogens is 192 g/mol. The molecule has 14 heavy (non-hydrogen) atoms. The lowest BCUT2D eigenvalue weighted by molar-refractivity contribution is 0.102. The largest absolute Gasteiger partial charge is 0.289 e. The van der Waals surface area contributed by atoms with Crippen LogP contribution in [0.25, 0.3) is 0 Å². The average Bonchev–Trinajstić information content (AvgIpc) is 2.39. The Hall–Kier alpha value is -1.02. The summed E-state index contributed by atoms with van der Waals surface area (Å²) < 4.78 is 0. The molecule has 1 aromatic carbocycles. The SMILES string of the molecule is C/C=C1\CCSc2ccccc2C1=O. The first kappa shape index (κ1) is 9.53. The molecule has 0 saturated heterocycles. The molecule has 72 valence electrons. The standard InChI is InChI=1S/C12H12OS/c1-2-9-7-8-14-11-6-4-3-5-10(11)12(9)13/h2-6H,7-8H2,1H3/b9-2+. The number of fused-ring (bicyclic) bond motifs is 1. The van der Waals surface area contributed by atoms with E-state index < -0.39 is 0 Å². The van der Waals surface area contributed by atoms with Crippen LogP contribution in [0.15, 0.2) is 40.8 Å². The lowest BCUT2D eigenvalue weighted by Crippen LogP contribution is -2.02. The van der Waals surface area contributed by atoms with Gasteiger partial charge in [-0.2, -0.15) is 0 Å². The smallest absolute Gasteiger partial charge is 0.189 e. The van der Waals surface area contributed by atoms with E-state index in [-0.39, 0.29) is 5.78 Å². The Morgan fingerprint density at radius 1 is 1.36 bits per heavy atom. The number of hydrogen-bond donors (Lipinski definition) is 0. The molecule has 1 aliphatic heterocycles. The number of benzene rings is 1. The number of ketones is 1. The van der Waals surface area contributed by atoms with Crippen LogP contribution in [0.1, 0.15) is 23.7 Å². The van der Waals surface area contributed by atoms with Gasteiger partial charge >= 0.3 is 0 Å². The maximum atomic E-state index is 12.0. The molecule has 0 unspecified atom stereocenters. The van der Waals surface area contributed by atoms with E-state index in [0.717, 1.165) is 28.2 Å². The molecule has 1 nitrogen and oxygen atoms in total. The zero-order valence-electron chi connectivity index (χ0n) is 8.12. The quantitative estimate of drug-likeness (QED) is 0.603. The molecule has 0 spiro atoms. The maximum absolute atomic E-state index is 12.0. The van der Waals surface area contributed by atoms with Crippen molar-refractivity contribution < 1.29 is 4.79 Å². The summed E-state index contributed by atoms with van der Waals surface area (Å²) in [4.78, 5) is 13.1. The first-order valence-corrected chi connectivity index (χ1v) is 5.73. The van der Waals surface area contributed by atoms with E-state index in [1.165, 1.54) is 0 Å². The minimum atomic E-state index is 0.202. The summed E-state index contributed by atoms with van der Waals surface area (Å²) in [6.45, 7) is 1.94. The highest BCUT2D eigenvalue weighted by atomic mass is 32.2. The summed E-state index contributed by atoms with van der Waals surface area (Å²) in [5.41, 5.74) is 1.81. The first-order chi connectivity index (χ1) is 6.83. The second kappa shape index (κ2) is 4.01. The van der Waals surface area contributed by atoms with Gasteiger partial charge < -0.3 is 0 Å². The Morgan fingerprint density at radius 3 is 2.93 bits per heavy atom. The molecule has 2 heteroatoms. The molecule has 0 saturated carbocycles. The van der Waals surface area contributed by atoms with Crippen molar-refractivity contribution in [3.05, 3.63) is 41.5 Å². The number of thioether (sulfide) groups is 1. The van der Waals surface area contributed by atoms with Crippen LogP contribution in [-0.2, 0) is 0 Å². The summed E-state index contributed by atoms with van der Waals surface area (Å²) in [6, 6.07) is 7.85. The van der Waals surface area contributed by atoms with Crippen molar-refractivity contribution >= 4 is 17.5 Å². The van der Waals surface area contributed by atoms with Gasteiger partial charge in [0.05, 0.1) is 0 Å². The molecule has 0 N–H and O–H groups in total. The third kappa shape index (κ3) is 1.62. The summed E-state index contributed by atoms with van der Waals surface area (Å²) in [5.74, 6) is 1.20. The van der Waals surface area contributed by atoms with Crippen molar-refractivity contribution in [2.75, 3.05) is 5.75 Å². The molecule has 1 heterocycles. The van der Waals surface area contributed by atoms with Crippen LogP contribution in [0.5, 0.6) is 0 Å². The fourth-order valence-corrected chi connectivity index (χ4v) is 2.65. The van der Waals surface area contributed by atoms with Gasteiger partial charge in [-0.15, -0.1) is 11.8 Å². The van der Waals surface area contributed by atoms with Crippen molar-refractivity contribution in [2.45, 2.75) is 18.2 Å². The van der Waals surface area contributed by atoms with Gasteiger partial charge in [0.25, 0.3) is 0 Å². The average molecular weight is 204 g/mol. The first-order valence-electron chi connectivity index (χ1n) is 4.74. The van der Waals surface area contributed by atoms with Crippen LogP contribution in [0, 0.1) is 0 Å². The summed E-state index contributed by atoms with van der Waals surface area (Å²) in [6.07, 6.45) is 2.82. The zero-order valence-corrected chi connectivity index (χ0v) is 8.93. The predicted molar refractivity (Wildman–Crippen MR) is 59.9 cm³/mol. The summed E-state index contributed by atoms with van der Waals surface area (Å²) in [5, 5.41) is 0. The lowest BCUT2D eigenvalue weighted by Gasteiger charge is -2.02. The number of Topliss-reactive ketones (excluding diaryl/α,β-unsaturated/α-hetero) is 1. The van der Waals surface area contributed by atoms with Crippen molar-refractivity contribution in [2.24, 2.45) is 0 Å². The van der Waals surface area contributed by atoms with Gasteiger partial charge in [0.15, 0.2) is 5.78 Å². The fraction of sp³-hybridized carbons (Fsp3) is 0.250. The second-order valence-corrected chi connectivity index (χ2v) is 4.37. The van der Waals surface area contributed by atoms with Crippen LogP contribution in [0.3, 0.4) is 0 Å². The number of allylic oxidation sites excluding steroid dienone is 2. The van der Waals surface area contributed by atoms with E-state index in [1.54, 1.807) is 11.8 Å². The lowest BCUT2D eigenvalue weighted by atomic mass is 10.0. The highest BCUT2D eigenvalue weighted by Crippen LogP contribution is 2.30. The Bertz CT molecular complexity index is 393. The highest BCUT2D eigenvalue weighted by molar-refractivity contribution is 7.99. The molecular formula is C12H12OS. The Labute approximate surface area is 88.2 Å². The predicted octanol–water partition coefficient (Wildman–Crippen LogP) is 3.31. The van der Waals surface area contributed by atoms with Gasteiger partial charge in [0.1, 0.15) is 0 Å². The summed E-state index contributed by atoms with van der Waals surface area (Å²) in [7, 11) is 0. The molecule has 0 radical (unpaired) electrons. The number of carbonyl (C=O) groups excluding carboxylic acids is 1. The van der Waals surface area contributed by atoms with Gasteiger partial charge in [-0.05, 0) is 31.1 Å². The van der Waals surface area contributed by atoms with Crippen LogP contribution in [0.2, 0.25) is 0 Å². The molecule has 0 aliphatic carbocycles. The van der Waals surface area contributed by atoms with E-state index >= 15 is 0 Å². The normalized spacial score (nSPS) is 19.2. The van der Waals surface area contributed by atoms with E-state index in [9.17, 15) is 4.79 Å². The molecule has 0 atom stereocenters. The Morgan fingerprint density at radius 2 is 2.14 bits per heavy atom. The molecule has 0 bridgehead atoms. The minimum absolute atomic E-state index is 0.202. The van der Waals surface area contributed by atoms with Gasteiger partial charge in [-0.1, -0.05) is 18.2 Å². The minimum Gasteiger partial charge on any atom is -0.289 e. The molecule has 1 aliphatic rings. The third-order valence-electron chi connectivity index (χ3n) is 2.40. The van der Waals surface area contributed by atoms with Crippen molar-refractivity contribution in [1.29, 1.82) is 0 Å². The molecule has 0 amide bonds. The number of carbonyl (C=O) groups is 1. The topological polar surface area (TPSA) is 17.1 Å². The van der Waals surface area contributed by atoms with Crippen molar-refractivity contribution in [3.8, 4) is 0 Å². The Balaban J connectivity index is 2.50. The number of hydrogen-bond acceptors (Lipinski definition) is 2. The third-order valence-corrected chi connectivity index (χ3v) is 3.48. The monoisotopic (exact) mass is 204 g/mol. The van der Waals surface area contributed by atoms with Gasteiger partial charge in [-0.3, -0.25) is 4.79 Å². The highest BCUT2D eigenvalue weighted by Gasteiger charge is 2.18. The molecule has 0 fully saturated rings. The van der Waals surface area contributed by atoms with Crippen LogP contribution in [0.4, 0.5) is 0 Å². The van der Waals surface area contributed by atoms with E-state index in [4.69, 9.17) is 0 Å². The Kier molecular flexibility index (Phi) is 2.73. The number of rotatable bonds is 0. The van der Waals surface area contributed by atoms with E-state index in [2.05, 4.69) is 0 Å². The second-order valence-electron chi connectivity index (χ2n) is 3.24. The van der Waals surface area contributed by atoms with Gasteiger partial charge in [-0.25, -0.2) is 0 Å². The van der Waals surface area contributed by atoms with Crippen LogP contribution >= 0.6 is 11.8 Å². The molecule has 1 aromatic rings. The van der Waals surface area contributed by atoms with E-state index in [0.29, 0.717) is 0 Å². The maximum Gasteiger partial charge on any atom is 0.189 e. The van der Waals surface area contributed by atoms with Crippen LogP contribution < -0.4 is 0 Å².